The lowest BCUT2D eigenvalue weighted by Crippen LogP contribution is -2.20. The summed E-state index contributed by atoms with van der Waals surface area (Å²) in [6, 6.07) is 10.0. The molecule has 0 bridgehead atoms. The highest BCUT2D eigenvalue weighted by Crippen LogP contribution is 2.18. The van der Waals surface area contributed by atoms with Gasteiger partial charge in [-0.15, -0.1) is 0 Å². The Morgan fingerprint density at radius 3 is 2.74 bits per heavy atom. The van der Waals surface area contributed by atoms with Crippen molar-refractivity contribution in [2.24, 2.45) is 0 Å². The number of benzene rings is 1. The number of methoxy groups -OCH3 is 1. The van der Waals surface area contributed by atoms with Gasteiger partial charge in [0.25, 0.3) is 5.56 Å². The molecule has 5 nitrogen and oxygen atoms in total. The number of anilines is 1. The van der Waals surface area contributed by atoms with Gasteiger partial charge in [0.05, 0.1) is 19.2 Å². The van der Waals surface area contributed by atoms with Gasteiger partial charge in [-0.3, -0.25) is 4.79 Å². The number of nitrogens with two attached hydrogens (primary N) is 1. The van der Waals surface area contributed by atoms with Crippen molar-refractivity contribution in [2.45, 2.75) is 6.54 Å². The van der Waals surface area contributed by atoms with Crippen LogP contribution >= 0.6 is 0 Å². The SMILES string of the molecule is COC(=O)c1c(N)cccc1Cn1ccccc1=O. The van der Waals surface area contributed by atoms with Crippen LogP contribution in [-0.4, -0.2) is 17.6 Å². The summed E-state index contributed by atoms with van der Waals surface area (Å²) in [5.41, 5.74) is 6.96. The fraction of sp³-hybridized carbons (Fsp3) is 0.143. The van der Waals surface area contributed by atoms with Gasteiger partial charge < -0.3 is 15.0 Å². The van der Waals surface area contributed by atoms with E-state index < -0.39 is 5.97 Å². The quantitative estimate of drug-likeness (QED) is 0.664. The molecule has 0 spiro atoms. The van der Waals surface area contributed by atoms with E-state index >= 15 is 0 Å². The molecule has 0 aliphatic rings. The first-order valence-electron chi connectivity index (χ1n) is 5.74. The van der Waals surface area contributed by atoms with Crippen LogP contribution < -0.4 is 11.3 Å². The zero-order valence-electron chi connectivity index (χ0n) is 10.5. The van der Waals surface area contributed by atoms with Crippen LogP contribution in [0.3, 0.4) is 0 Å². The number of nitrogen functional groups attached to an aromatic ring is 1. The van der Waals surface area contributed by atoms with Crippen molar-refractivity contribution in [3.05, 3.63) is 64.1 Å². The highest BCUT2D eigenvalue weighted by molar-refractivity contribution is 5.96. The maximum atomic E-state index is 11.7. The van der Waals surface area contributed by atoms with Gasteiger partial charge >= 0.3 is 5.97 Å². The molecular weight excluding hydrogens is 244 g/mol. The lowest BCUT2D eigenvalue weighted by Gasteiger charge is -2.11. The van der Waals surface area contributed by atoms with Crippen LogP contribution in [0.15, 0.2) is 47.4 Å². The van der Waals surface area contributed by atoms with Crippen LogP contribution in [-0.2, 0) is 11.3 Å². The van der Waals surface area contributed by atoms with Gasteiger partial charge in [0.15, 0.2) is 0 Å². The summed E-state index contributed by atoms with van der Waals surface area (Å²) in [4.78, 5) is 23.4. The van der Waals surface area contributed by atoms with E-state index in [1.807, 2.05) is 0 Å². The van der Waals surface area contributed by atoms with E-state index in [-0.39, 0.29) is 12.1 Å². The predicted molar refractivity (Wildman–Crippen MR) is 72.0 cm³/mol. The monoisotopic (exact) mass is 258 g/mol. The number of carbonyl (C=O) groups is 1. The molecule has 2 N–H and O–H groups in total. The lowest BCUT2D eigenvalue weighted by atomic mass is 10.1. The Bertz CT molecular complexity index is 662. The maximum absolute atomic E-state index is 11.7. The maximum Gasteiger partial charge on any atom is 0.340 e. The molecule has 5 heteroatoms. The summed E-state index contributed by atoms with van der Waals surface area (Å²) in [6.45, 7) is 0.273. The van der Waals surface area contributed by atoms with Crippen molar-refractivity contribution in [2.75, 3.05) is 12.8 Å². The van der Waals surface area contributed by atoms with Crippen LogP contribution in [0, 0.1) is 0 Å². The Morgan fingerprint density at radius 1 is 1.26 bits per heavy atom. The zero-order valence-corrected chi connectivity index (χ0v) is 10.5. The largest absolute Gasteiger partial charge is 0.465 e. The molecule has 0 amide bonds. The van der Waals surface area contributed by atoms with Gasteiger partial charge in [-0.25, -0.2) is 4.79 Å². The molecule has 0 fully saturated rings. The number of esters is 1. The van der Waals surface area contributed by atoms with E-state index in [1.165, 1.54) is 17.7 Å². The molecule has 0 atom stereocenters. The molecule has 1 aromatic heterocycles. The summed E-state index contributed by atoms with van der Waals surface area (Å²) >= 11 is 0. The van der Waals surface area contributed by atoms with E-state index in [0.29, 0.717) is 16.8 Å². The lowest BCUT2D eigenvalue weighted by molar-refractivity contribution is 0.0600. The second-order valence-electron chi connectivity index (χ2n) is 4.04. The second-order valence-corrected chi connectivity index (χ2v) is 4.04. The summed E-state index contributed by atoms with van der Waals surface area (Å²) in [5.74, 6) is -0.503. The smallest absolute Gasteiger partial charge is 0.340 e. The third-order valence-corrected chi connectivity index (χ3v) is 2.81. The molecule has 2 aromatic rings. The highest BCUT2D eigenvalue weighted by Gasteiger charge is 2.15. The van der Waals surface area contributed by atoms with Gasteiger partial charge in [-0.2, -0.15) is 0 Å². The topological polar surface area (TPSA) is 74.3 Å². The number of pyridine rings is 1. The van der Waals surface area contributed by atoms with Crippen molar-refractivity contribution in [3.63, 3.8) is 0 Å². The third kappa shape index (κ3) is 2.65. The molecule has 1 aromatic carbocycles. The first-order valence-corrected chi connectivity index (χ1v) is 5.74. The van der Waals surface area contributed by atoms with Crippen LogP contribution in [0.1, 0.15) is 15.9 Å². The average molecular weight is 258 g/mol. The zero-order chi connectivity index (χ0) is 13.8. The van der Waals surface area contributed by atoms with Gasteiger partial charge in [0.2, 0.25) is 0 Å². The van der Waals surface area contributed by atoms with Gasteiger partial charge in [0.1, 0.15) is 0 Å². The first-order chi connectivity index (χ1) is 9.13. The van der Waals surface area contributed by atoms with Crippen molar-refractivity contribution in [3.8, 4) is 0 Å². The molecule has 0 aliphatic carbocycles. The number of hydrogen-bond donors (Lipinski definition) is 1. The first kappa shape index (κ1) is 12.9. The van der Waals surface area contributed by atoms with E-state index in [4.69, 9.17) is 10.5 Å². The van der Waals surface area contributed by atoms with Gasteiger partial charge in [-0.05, 0) is 17.7 Å². The van der Waals surface area contributed by atoms with Crippen molar-refractivity contribution in [1.29, 1.82) is 0 Å². The minimum Gasteiger partial charge on any atom is -0.465 e. The fourth-order valence-corrected chi connectivity index (χ4v) is 1.88. The highest BCUT2D eigenvalue weighted by atomic mass is 16.5. The molecule has 0 radical (unpaired) electrons. The van der Waals surface area contributed by atoms with Crippen LogP contribution in [0.25, 0.3) is 0 Å². The Morgan fingerprint density at radius 2 is 2.05 bits per heavy atom. The molecule has 1 heterocycles. The van der Waals surface area contributed by atoms with Crippen molar-refractivity contribution >= 4 is 11.7 Å². The molecule has 19 heavy (non-hydrogen) atoms. The number of carbonyl (C=O) groups excluding carboxylic acids is 1. The van der Waals surface area contributed by atoms with E-state index in [0.717, 1.165) is 0 Å². The number of ether oxygens (including phenoxy) is 1. The number of hydrogen-bond acceptors (Lipinski definition) is 4. The summed E-state index contributed by atoms with van der Waals surface area (Å²) < 4.78 is 6.22. The summed E-state index contributed by atoms with van der Waals surface area (Å²) in [7, 11) is 1.30. The molecular formula is C14H14N2O3. The Hall–Kier alpha value is -2.56. The molecule has 98 valence electrons. The van der Waals surface area contributed by atoms with Crippen LogP contribution in [0.2, 0.25) is 0 Å². The van der Waals surface area contributed by atoms with E-state index in [2.05, 4.69) is 0 Å². The standard InChI is InChI=1S/C14H14N2O3/c1-19-14(18)13-10(5-4-6-11(13)15)9-16-8-3-2-7-12(16)17/h2-8H,9,15H2,1H3. The molecule has 0 saturated carbocycles. The minimum absolute atomic E-state index is 0.138. The fourth-order valence-electron chi connectivity index (χ4n) is 1.88. The minimum atomic E-state index is -0.503. The predicted octanol–water partition coefficient (Wildman–Crippen LogP) is 1.27. The summed E-state index contributed by atoms with van der Waals surface area (Å²) in [5, 5.41) is 0. The number of nitrogens with zero attached hydrogens (tertiary/aromatic N) is 1. The van der Waals surface area contributed by atoms with Gasteiger partial charge in [0, 0.05) is 18.0 Å². The average Bonchev–Trinajstić information content (AvgIpc) is 2.41. The molecule has 0 unspecified atom stereocenters. The van der Waals surface area contributed by atoms with E-state index in [9.17, 15) is 9.59 Å². The third-order valence-electron chi connectivity index (χ3n) is 2.81. The van der Waals surface area contributed by atoms with Crippen molar-refractivity contribution in [1.82, 2.24) is 4.57 Å². The number of aromatic nitrogens is 1. The molecule has 0 saturated heterocycles. The van der Waals surface area contributed by atoms with Crippen molar-refractivity contribution < 1.29 is 9.53 Å². The Balaban J connectivity index is 2.46. The second kappa shape index (κ2) is 5.39. The van der Waals surface area contributed by atoms with E-state index in [1.54, 1.807) is 36.5 Å². The number of rotatable bonds is 3. The molecule has 0 aliphatic heterocycles. The Kier molecular flexibility index (Phi) is 3.66. The molecule has 2 rings (SSSR count). The Labute approximate surface area is 110 Å². The summed E-state index contributed by atoms with van der Waals surface area (Å²) in [6.07, 6.45) is 1.66. The van der Waals surface area contributed by atoms with Crippen LogP contribution in [0.4, 0.5) is 5.69 Å². The van der Waals surface area contributed by atoms with Gasteiger partial charge in [-0.1, -0.05) is 18.2 Å². The normalized spacial score (nSPS) is 10.2. The van der Waals surface area contributed by atoms with Crippen LogP contribution in [0.5, 0.6) is 0 Å².